The van der Waals surface area contributed by atoms with Crippen LogP contribution >= 0.6 is 0 Å². The standard InChI is InChI=1S/C24H27F3N2O3/c1-18-6-2-3-7-21(18)32-17-4-8-22(30)28-13-5-14-29(16-15-28)23(31)19-9-11-20(12-10-19)24(25,26)27/h2-3,6-7,9-12H,4-5,8,13-17H2,1H3. The van der Waals surface area contributed by atoms with Crippen LogP contribution in [0.3, 0.4) is 0 Å². The van der Waals surface area contributed by atoms with Gasteiger partial charge in [0.05, 0.1) is 12.2 Å². The van der Waals surface area contributed by atoms with Gasteiger partial charge in [0.25, 0.3) is 5.91 Å². The van der Waals surface area contributed by atoms with Crippen molar-refractivity contribution in [3.05, 3.63) is 65.2 Å². The molecule has 0 spiro atoms. The zero-order chi connectivity index (χ0) is 23.1. The average Bonchev–Trinajstić information content (AvgIpc) is 3.03. The first-order valence-corrected chi connectivity index (χ1v) is 10.7. The molecule has 0 N–H and O–H groups in total. The number of para-hydroxylation sites is 1. The number of ether oxygens (including phenoxy) is 1. The minimum Gasteiger partial charge on any atom is -0.493 e. The largest absolute Gasteiger partial charge is 0.493 e. The molecule has 0 saturated carbocycles. The van der Waals surface area contributed by atoms with Gasteiger partial charge in [-0.15, -0.1) is 0 Å². The molecule has 0 aromatic heterocycles. The fourth-order valence-electron chi connectivity index (χ4n) is 3.64. The molecule has 1 aliphatic heterocycles. The predicted octanol–water partition coefficient (Wildman–Crippen LogP) is 4.55. The number of carbonyl (C=O) groups excluding carboxylic acids is 2. The van der Waals surface area contributed by atoms with Crippen molar-refractivity contribution >= 4 is 11.8 Å². The van der Waals surface area contributed by atoms with Crippen LogP contribution in [0.4, 0.5) is 13.2 Å². The highest BCUT2D eigenvalue weighted by atomic mass is 19.4. The molecule has 3 rings (SSSR count). The summed E-state index contributed by atoms with van der Waals surface area (Å²) in [5.41, 5.74) is 0.475. The van der Waals surface area contributed by atoms with E-state index in [9.17, 15) is 22.8 Å². The third-order valence-electron chi connectivity index (χ3n) is 5.48. The summed E-state index contributed by atoms with van der Waals surface area (Å²) in [4.78, 5) is 28.6. The maximum atomic E-state index is 12.7. The molecule has 0 bridgehead atoms. The molecule has 0 atom stereocenters. The lowest BCUT2D eigenvalue weighted by Gasteiger charge is -2.22. The van der Waals surface area contributed by atoms with Crippen LogP contribution in [0.1, 0.15) is 40.7 Å². The SMILES string of the molecule is Cc1ccccc1OCCCC(=O)N1CCCN(C(=O)c2ccc(C(F)(F)F)cc2)CC1. The van der Waals surface area contributed by atoms with Crippen molar-refractivity contribution in [1.82, 2.24) is 9.80 Å². The molecule has 5 nitrogen and oxygen atoms in total. The number of halogens is 3. The van der Waals surface area contributed by atoms with E-state index in [1.807, 2.05) is 31.2 Å². The summed E-state index contributed by atoms with van der Waals surface area (Å²) in [5, 5.41) is 0. The molecule has 1 aliphatic rings. The highest BCUT2D eigenvalue weighted by molar-refractivity contribution is 5.94. The van der Waals surface area contributed by atoms with E-state index in [2.05, 4.69) is 0 Å². The van der Waals surface area contributed by atoms with E-state index in [1.54, 1.807) is 9.80 Å². The highest BCUT2D eigenvalue weighted by Gasteiger charge is 2.30. The normalized spacial score (nSPS) is 14.8. The van der Waals surface area contributed by atoms with Crippen molar-refractivity contribution in [2.45, 2.75) is 32.4 Å². The first-order chi connectivity index (χ1) is 15.3. The van der Waals surface area contributed by atoms with Gasteiger partial charge in [-0.3, -0.25) is 9.59 Å². The van der Waals surface area contributed by atoms with Crippen LogP contribution in [-0.4, -0.2) is 54.4 Å². The van der Waals surface area contributed by atoms with E-state index in [4.69, 9.17) is 4.74 Å². The number of hydrogen-bond acceptors (Lipinski definition) is 3. The summed E-state index contributed by atoms with van der Waals surface area (Å²) in [6, 6.07) is 11.9. The van der Waals surface area contributed by atoms with Crippen LogP contribution in [0.15, 0.2) is 48.5 Å². The van der Waals surface area contributed by atoms with Crippen LogP contribution in [0.2, 0.25) is 0 Å². The summed E-state index contributed by atoms with van der Waals surface area (Å²) in [5.74, 6) is 0.508. The minimum absolute atomic E-state index is 0.0159. The van der Waals surface area contributed by atoms with Crippen LogP contribution in [0.25, 0.3) is 0 Å². The van der Waals surface area contributed by atoms with Gasteiger partial charge in [-0.1, -0.05) is 18.2 Å². The van der Waals surface area contributed by atoms with E-state index in [1.165, 1.54) is 12.1 Å². The van der Waals surface area contributed by atoms with Gasteiger partial charge < -0.3 is 14.5 Å². The van der Waals surface area contributed by atoms with Gasteiger partial charge in [-0.05, 0) is 55.7 Å². The van der Waals surface area contributed by atoms with Crippen molar-refractivity contribution in [3.63, 3.8) is 0 Å². The lowest BCUT2D eigenvalue weighted by Crippen LogP contribution is -2.37. The maximum absolute atomic E-state index is 12.7. The number of hydrogen-bond donors (Lipinski definition) is 0. The zero-order valence-electron chi connectivity index (χ0n) is 18.0. The molecule has 1 saturated heterocycles. The smallest absolute Gasteiger partial charge is 0.416 e. The first-order valence-electron chi connectivity index (χ1n) is 10.7. The Morgan fingerprint density at radius 1 is 0.938 bits per heavy atom. The van der Waals surface area contributed by atoms with Crippen molar-refractivity contribution in [2.75, 3.05) is 32.8 Å². The summed E-state index contributed by atoms with van der Waals surface area (Å²) in [7, 11) is 0. The van der Waals surface area contributed by atoms with Gasteiger partial charge in [-0.2, -0.15) is 13.2 Å². The lowest BCUT2D eigenvalue weighted by molar-refractivity contribution is -0.137. The van der Waals surface area contributed by atoms with E-state index < -0.39 is 11.7 Å². The summed E-state index contributed by atoms with van der Waals surface area (Å²) in [6.45, 7) is 4.18. The average molecular weight is 448 g/mol. The van der Waals surface area contributed by atoms with Gasteiger partial charge in [0.15, 0.2) is 0 Å². The molecule has 1 heterocycles. The lowest BCUT2D eigenvalue weighted by atomic mass is 10.1. The van der Waals surface area contributed by atoms with Crippen LogP contribution in [0, 0.1) is 6.92 Å². The van der Waals surface area contributed by atoms with Crippen LogP contribution in [0.5, 0.6) is 5.75 Å². The van der Waals surface area contributed by atoms with E-state index in [-0.39, 0.29) is 17.4 Å². The van der Waals surface area contributed by atoms with Gasteiger partial charge in [0.2, 0.25) is 5.91 Å². The molecule has 2 amide bonds. The molecule has 0 unspecified atom stereocenters. The van der Waals surface area contributed by atoms with Crippen molar-refractivity contribution in [1.29, 1.82) is 0 Å². The number of nitrogens with zero attached hydrogens (tertiary/aromatic N) is 2. The third kappa shape index (κ3) is 6.24. The van der Waals surface area contributed by atoms with Gasteiger partial charge in [0.1, 0.15) is 5.75 Å². The number of amides is 2. The molecule has 32 heavy (non-hydrogen) atoms. The maximum Gasteiger partial charge on any atom is 0.416 e. The molecule has 0 radical (unpaired) electrons. The van der Waals surface area contributed by atoms with Crippen LogP contribution in [-0.2, 0) is 11.0 Å². The Morgan fingerprint density at radius 2 is 1.59 bits per heavy atom. The Labute approximate surface area is 185 Å². The molecule has 8 heteroatoms. The Hall–Kier alpha value is -3.03. The van der Waals surface area contributed by atoms with Gasteiger partial charge >= 0.3 is 6.18 Å². The van der Waals surface area contributed by atoms with E-state index in [0.29, 0.717) is 52.0 Å². The van der Waals surface area contributed by atoms with Gasteiger partial charge in [0, 0.05) is 38.2 Å². The summed E-state index contributed by atoms with van der Waals surface area (Å²) >= 11 is 0. The zero-order valence-corrected chi connectivity index (χ0v) is 18.0. The number of aryl methyl sites for hydroxylation is 1. The minimum atomic E-state index is -4.43. The second kappa shape index (κ2) is 10.5. The molecular formula is C24H27F3N2O3. The Balaban J connectivity index is 1.46. The summed E-state index contributed by atoms with van der Waals surface area (Å²) in [6.07, 6.45) is -2.86. The fourth-order valence-corrected chi connectivity index (χ4v) is 3.64. The number of benzene rings is 2. The van der Waals surface area contributed by atoms with Gasteiger partial charge in [-0.25, -0.2) is 0 Å². The molecular weight excluding hydrogens is 421 g/mol. The Kier molecular flexibility index (Phi) is 7.77. The monoisotopic (exact) mass is 448 g/mol. The molecule has 2 aromatic rings. The predicted molar refractivity (Wildman–Crippen MR) is 114 cm³/mol. The number of alkyl halides is 3. The molecule has 2 aromatic carbocycles. The molecule has 1 fully saturated rings. The van der Waals surface area contributed by atoms with E-state index in [0.717, 1.165) is 23.4 Å². The Bertz CT molecular complexity index is 929. The van der Waals surface area contributed by atoms with Crippen LogP contribution < -0.4 is 4.74 Å². The fraction of sp³-hybridized carbons (Fsp3) is 0.417. The number of carbonyl (C=O) groups is 2. The second-order valence-electron chi connectivity index (χ2n) is 7.82. The molecule has 0 aliphatic carbocycles. The highest BCUT2D eigenvalue weighted by Crippen LogP contribution is 2.29. The Morgan fingerprint density at radius 3 is 2.28 bits per heavy atom. The van der Waals surface area contributed by atoms with Crippen molar-refractivity contribution in [3.8, 4) is 5.75 Å². The third-order valence-corrected chi connectivity index (χ3v) is 5.48. The topological polar surface area (TPSA) is 49.9 Å². The van der Waals surface area contributed by atoms with Crippen molar-refractivity contribution < 1.29 is 27.5 Å². The summed E-state index contributed by atoms with van der Waals surface area (Å²) < 4.78 is 43.9. The number of rotatable bonds is 6. The first kappa shape index (κ1) is 23.6. The molecule has 172 valence electrons. The quantitative estimate of drug-likeness (QED) is 0.610. The van der Waals surface area contributed by atoms with Crippen molar-refractivity contribution in [2.24, 2.45) is 0 Å². The van der Waals surface area contributed by atoms with E-state index >= 15 is 0 Å². The second-order valence-corrected chi connectivity index (χ2v) is 7.82.